The minimum atomic E-state index is 0.700. The first kappa shape index (κ1) is 19.7. The van der Waals surface area contributed by atoms with E-state index in [9.17, 15) is 0 Å². The third-order valence-electron chi connectivity index (χ3n) is 3.43. The van der Waals surface area contributed by atoms with E-state index in [2.05, 4.69) is 62.2 Å². The van der Waals surface area contributed by atoms with Gasteiger partial charge in [0.25, 0.3) is 0 Å². The van der Waals surface area contributed by atoms with E-state index in [0.717, 1.165) is 31.6 Å². The number of nitrogens with zero attached hydrogens (tertiary/aromatic N) is 1. The van der Waals surface area contributed by atoms with Crippen LogP contribution in [0, 0.1) is 0 Å². The molecular weight excluding hydrogens is 300 g/mol. The van der Waals surface area contributed by atoms with E-state index in [4.69, 9.17) is 5.73 Å². The second-order valence-electron chi connectivity index (χ2n) is 5.74. The van der Waals surface area contributed by atoms with Crippen LogP contribution < -0.4 is 5.73 Å². The lowest BCUT2D eigenvalue weighted by atomic mass is 10.1. The molecule has 1 rings (SSSR count). The largest absolute Gasteiger partial charge is 0.330 e. The summed E-state index contributed by atoms with van der Waals surface area (Å²) < 4.78 is 0. The Bertz CT molecular complexity index is 540. The van der Waals surface area contributed by atoms with Gasteiger partial charge in [-0.2, -0.15) is 0 Å². The van der Waals surface area contributed by atoms with Gasteiger partial charge in [-0.3, -0.25) is 4.99 Å². The molecule has 0 aliphatic heterocycles. The van der Waals surface area contributed by atoms with Crippen LogP contribution in [0.3, 0.4) is 0 Å². The van der Waals surface area contributed by atoms with E-state index in [0.29, 0.717) is 6.54 Å². The number of hydrogen-bond donors (Lipinski definition) is 1. The first-order valence-corrected chi connectivity index (χ1v) is 9.40. The van der Waals surface area contributed by atoms with Crippen molar-refractivity contribution >= 4 is 18.0 Å². The van der Waals surface area contributed by atoms with Crippen molar-refractivity contribution in [2.45, 2.75) is 44.9 Å². The van der Waals surface area contributed by atoms with Gasteiger partial charge in [-0.15, -0.1) is 11.8 Å². The Balaban J connectivity index is 2.59. The maximum atomic E-state index is 5.50. The van der Waals surface area contributed by atoms with E-state index in [1.165, 1.54) is 21.6 Å². The van der Waals surface area contributed by atoms with Crippen molar-refractivity contribution in [1.29, 1.82) is 0 Å². The van der Waals surface area contributed by atoms with Crippen LogP contribution in [-0.4, -0.2) is 25.1 Å². The van der Waals surface area contributed by atoms with Crippen LogP contribution in [0.15, 0.2) is 57.5 Å². The molecule has 0 fully saturated rings. The second-order valence-corrected chi connectivity index (χ2v) is 6.87. The van der Waals surface area contributed by atoms with Crippen molar-refractivity contribution in [3.63, 3.8) is 0 Å². The van der Waals surface area contributed by atoms with Crippen molar-refractivity contribution in [1.82, 2.24) is 0 Å². The summed E-state index contributed by atoms with van der Waals surface area (Å²) in [6, 6.07) is 8.48. The van der Waals surface area contributed by atoms with E-state index in [1.54, 1.807) is 0 Å². The molecule has 126 valence electrons. The van der Waals surface area contributed by atoms with E-state index >= 15 is 0 Å². The lowest BCUT2D eigenvalue weighted by Gasteiger charge is -2.07. The van der Waals surface area contributed by atoms with Crippen molar-refractivity contribution in [2.24, 2.45) is 10.7 Å². The van der Waals surface area contributed by atoms with Crippen LogP contribution in [-0.2, 0) is 0 Å². The molecule has 0 aliphatic rings. The molecule has 0 atom stereocenters. The average molecular weight is 331 g/mol. The predicted molar refractivity (Wildman–Crippen MR) is 106 cm³/mol. The number of thioether (sulfide) groups is 1. The fourth-order valence-corrected chi connectivity index (χ4v) is 3.07. The number of nitrogens with two attached hydrogens (primary N) is 1. The molecule has 0 saturated heterocycles. The summed E-state index contributed by atoms with van der Waals surface area (Å²) >= 11 is 1.91. The monoisotopic (exact) mass is 330 g/mol. The summed E-state index contributed by atoms with van der Waals surface area (Å²) in [5, 5.41) is 0. The highest BCUT2D eigenvalue weighted by atomic mass is 32.2. The van der Waals surface area contributed by atoms with Gasteiger partial charge in [-0.1, -0.05) is 48.4 Å². The summed E-state index contributed by atoms with van der Waals surface area (Å²) in [7, 11) is 0. The Morgan fingerprint density at radius 3 is 2.70 bits per heavy atom. The van der Waals surface area contributed by atoms with Crippen molar-refractivity contribution in [3.8, 4) is 0 Å². The van der Waals surface area contributed by atoms with Gasteiger partial charge in [-0.05, 0) is 45.7 Å². The lowest BCUT2D eigenvalue weighted by Crippen LogP contribution is -2.00. The predicted octanol–water partition coefficient (Wildman–Crippen LogP) is 5.24. The third-order valence-corrected chi connectivity index (χ3v) is 4.52. The van der Waals surface area contributed by atoms with Gasteiger partial charge in [0.2, 0.25) is 0 Å². The second kappa shape index (κ2) is 12.1. The number of hydrogen-bond acceptors (Lipinski definition) is 3. The zero-order valence-electron chi connectivity index (χ0n) is 14.7. The quantitative estimate of drug-likeness (QED) is 0.276. The van der Waals surface area contributed by atoms with Gasteiger partial charge in [0, 0.05) is 29.0 Å². The summed E-state index contributed by atoms with van der Waals surface area (Å²) in [5.41, 5.74) is 9.57. The van der Waals surface area contributed by atoms with Gasteiger partial charge in [-0.25, -0.2) is 0 Å². The summed E-state index contributed by atoms with van der Waals surface area (Å²) in [5.74, 6) is 1.10. The van der Waals surface area contributed by atoms with Gasteiger partial charge < -0.3 is 5.73 Å². The molecule has 0 aliphatic carbocycles. The fraction of sp³-hybridized carbons (Fsp3) is 0.450. The van der Waals surface area contributed by atoms with Gasteiger partial charge in [0.05, 0.1) is 0 Å². The molecule has 1 aromatic carbocycles. The van der Waals surface area contributed by atoms with Crippen LogP contribution in [0.4, 0.5) is 0 Å². The van der Waals surface area contributed by atoms with Crippen LogP contribution >= 0.6 is 11.8 Å². The Hall–Kier alpha value is -1.32. The molecule has 0 heterocycles. The summed E-state index contributed by atoms with van der Waals surface area (Å²) in [6.07, 6.45) is 9.66. The number of benzene rings is 1. The first-order chi connectivity index (χ1) is 11.2. The average Bonchev–Trinajstić information content (AvgIpc) is 2.55. The van der Waals surface area contributed by atoms with Crippen LogP contribution in [0.2, 0.25) is 0 Å². The molecular formula is C20H30N2S. The molecule has 3 heteroatoms. The van der Waals surface area contributed by atoms with Gasteiger partial charge in [0.15, 0.2) is 0 Å². The normalized spacial score (nSPS) is 11.9. The van der Waals surface area contributed by atoms with E-state index in [1.807, 2.05) is 18.0 Å². The highest BCUT2D eigenvalue weighted by Crippen LogP contribution is 2.24. The van der Waals surface area contributed by atoms with Crippen molar-refractivity contribution in [2.75, 3.05) is 18.8 Å². The molecule has 0 unspecified atom stereocenters. The smallest absolute Gasteiger partial charge is 0.0401 e. The molecule has 23 heavy (non-hydrogen) atoms. The molecule has 0 aromatic heterocycles. The van der Waals surface area contributed by atoms with E-state index < -0.39 is 0 Å². The number of aliphatic imine (C=N–C) groups is 1. The Morgan fingerprint density at radius 1 is 1.22 bits per heavy atom. The van der Waals surface area contributed by atoms with Crippen LogP contribution in [0.1, 0.15) is 45.6 Å². The number of rotatable bonds is 10. The van der Waals surface area contributed by atoms with E-state index in [-0.39, 0.29) is 0 Å². The van der Waals surface area contributed by atoms with Crippen LogP contribution in [0.5, 0.6) is 0 Å². The molecule has 0 spiro atoms. The van der Waals surface area contributed by atoms with Crippen molar-refractivity contribution in [3.05, 3.63) is 53.1 Å². The zero-order chi connectivity index (χ0) is 16.9. The summed E-state index contributed by atoms with van der Waals surface area (Å²) in [6.45, 7) is 8.01. The standard InChI is InChI=1S/C20H30N2S/c1-4-18(11-10-17(2)3)12-15-23-20-9-6-5-8-19(20)16-22-14-7-13-21/h5-6,8-11,16H,4,7,12-15,21H2,1-3H3/b18-11-,22-16?. The highest BCUT2D eigenvalue weighted by Gasteiger charge is 2.01. The van der Waals surface area contributed by atoms with Crippen LogP contribution in [0.25, 0.3) is 0 Å². The highest BCUT2D eigenvalue weighted by molar-refractivity contribution is 7.99. The van der Waals surface area contributed by atoms with Gasteiger partial charge in [0.1, 0.15) is 0 Å². The molecule has 1 aromatic rings. The topological polar surface area (TPSA) is 38.4 Å². The summed E-state index contributed by atoms with van der Waals surface area (Å²) in [4.78, 5) is 5.77. The minimum Gasteiger partial charge on any atom is -0.330 e. The van der Waals surface area contributed by atoms with Crippen molar-refractivity contribution < 1.29 is 0 Å². The molecule has 2 N–H and O–H groups in total. The third kappa shape index (κ3) is 8.77. The zero-order valence-corrected chi connectivity index (χ0v) is 15.5. The first-order valence-electron chi connectivity index (χ1n) is 8.42. The SMILES string of the molecule is CC/C(=C/C=C(C)C)CCSc1ccccc1C=NCCCN. The Labute approximate surface area is 146 Å². The molecule has 0 amide bonds. The molecule has 2 nitrogen and oxygen atoms in total. The molecule has 0 bridgehead atoms. The maximum absolute atomic E-state index is 5.50. The Morgan fingerprint density at radius 2 is 2.00 bits per heavy atom. The maximum Gasteiger partial charge on any atom is 0.0401 e. The van der Waals surface area contributed by atoms with Gasteiger partial charge >= 0.3 is 0 Å². The lowest BCUT2D eigenvalue weighted by molar-refractivity contribution is 0.847. The fourth-order valence-electron chi connectivity index (χ4n) is 2.02. The number of allylic oxidation sites excluding steroid dienone is 4. The minimum absolute atomic E-state index is 0.700. The molecule has 0 radical (unpaired) electrons. The molecule has 0 saturated carbocycles. The Kier molecular flexibility index (Phi) is 10.4.